The fraction of sp³-hybridized carbons (Fsp3) is 0.393. The Labute approximate surface area is 492 Å². The van der Waals surface area contributed by atoms with Crippen LogP contribution in [-0.2, 0) is 73.9 Å². The van der Waals surface area contributed by atoms with Crippen LogP contribution in [-0.4, -0.2) is 157 Å². The monoisotopic (exact) mass is 1170 g/mol. The number of hydrogen-bond acceptors (Lipinski definition) is 17. The third-order valence-electron chi connectivity index (χ3n) is 14.7. The van der Waals surface area contributed by atoms with Crippen molar-refractivity contribution in [1.82, 2.24) is 38.1 Å². The van der Waals surface area contributed by atoms with Crippen molar-refractivity contribution in [3.8, 4) is 11.1 Å². The Morgan fingerprint density at radius 2 is 1.09 bits per heavy atom. The van der Waals surface area contributed by atoms with Crippen LogP contribution >= 0.6 is 11.6 Å². The van der Waals surface area contributed by atoms with Crippen molar-refractivity contribution < 1.29 is 69.0 Å². The zero-order chi connectivity index (χ0) is 58.1. The number of sulfonamides is 2. The Bertz CT molecular complexity index is 3980. The molecule has 0 radical (unpaired) electrons. The third kappa shape index (κ3) is 14.3. The van der Waals surface area contributed by atoms with E-state index in [4.69, 9.17) is 39.9 Å². The van der Waals surface area contributed by atoms with Gasteiger partial charge in [-0.1, -0.05) is 53.5 Å². The Balaban J connectivity index is 0.000000170. The summed E-state index contributed by atoms with van der Waals surface area (Å²) in [6, 6.07) is 20.9. The van der Waals surface area contributed by atoms with Crippen LogP contribution in [0.4, 0.5) is 0 Å². The normalized spacial score (nSPS) is 18.7. The summed E-state index contributed by atoms with van der Waals surface area (Å²) in [6.45, 7) is 8.33. The number of aryl methyl sites for hydroxylation is 2. The molecule has 430 valence electrons. The number of fused-ring (bicyclic) bond motifs is 4. The van der Waals surface area contributed by atoms with E-state index in [2.05, 4.69) is 20.2 Å². The van der Waals surface area contributed by atoms with Gasteiger partial charge in [0.25, 0.3) is 0 Å². The Morgan fingerprint density at radius 3 is 1.54 bits per heavy atom. The molecule has 26 heteroatoms. The fourth-order valence-corrected chi connectivity index (χ4v) is 12.2. The summed E-state index contributed by atoms with van der Waals surface area (Å²) in [7, 11) is -0.549. The van der Waals surface area contributed by atoms with Gasteiger partial charge in [0.15, 0.2) is 10.9 Å². The van der Waals surface area contributed by atoms with Gasteiger partial charge in [-0.15, -0.1) is 0 Å². The summed E-state index contributed by atoms with van der Waals surface area (Å²) in [5.74, 6) is -0.440. The molecule has 8 aromatic rings. The quantitative estimate of drug-likeness (QED) is 0.172. The summed E-state index contributed by atoms with van der Waals surface area (Å²) in [5, 5.41) is 22.1. The number of ether oxygens (including phenoxy) is 4. The molecule has 3 fully saturated rings. The van der Waals surface area contributed by atoms with Gasteiger partial charge in [-0.25, -0.2) is 25.4 Å². The van der Waals surface area contributed by atoms with E-state index in [9.17, 15) is 31.4 Å². The molecular formula is C56H65BClLiN8O13S2. The first-order valence-electron chi connectivity index (χ1n) is 26.2. The van der Waals surface area contributed by atoms with Crippen molar-refractivity contribution >= 4 is 87.2 Å². The molecule has 0 bridgehead atoms. The van der Waals surface area contributed by atoms with Gasteiger partial charge in [0.1, 0.15) is 0 Å². The minimum absolute atomic E-state index is 0. The van der Waals surface area contributed by atoms with E-state index in [1.165, 1.54) is 28.9 Å². The maximum Gasteiger partial charge on any atom is 1.00 e. The number of aromatic nitrogens is 6. The minimum Gasteiger partial charge on any atom is -0.555 e. The van der Waals surface area contributed by atoms with Gasteiger partial charge < -0.3 is 33.3 Å². The predicted octanol–water partition coefficient (Wildman–Crippen LogP) is 2.07. The van der Waals surface area contributed by atoms with Crippen molar-refractivity contribution in [2.24, 2.45) is 14.1 Å². The van der Waals surface area contributed by atoms with Crippen LogP contribution in [0.15, 0.2) is 120 Å². The van der Waals surface area contributed by atoms with E-state index in [0.717, 1.165) is 16.5 Å². The number of nitrogens with zero attached hydrogens (tertiary/aromatic N) is 8. The number of rotatable bonds is 12. The Hall–Kier alpha value is -5.53. The second-order valence-electron chi connectivity index (χ2n) is 21.4. The summed E-state index contributed by atoms with van der Waals surface area (Å²) >= 11 is 6.01. The van der Waals surface area contributed by atoms with Crippen molar-refractivity contribution in [3.05, 3.63) is 147 Å². The third-order valence-corrected chi connectivity index (χ3v) is 18.5. The van der Waals surface area contributed by atoms with Gasteiger partial charge in [-0.2, -0.15) is 10.2 Å². The summed E-state index contributed by atoms with van der Waals surface area (Å²) < 4.78 is 90.8. The predicted molar refractivity (Wildman–Crippen MR) is 311 cm³/mol. The SMILES string of the molecule is CN(C[C@@H]1COCCO1)S(=O)(=O)Cc1ccc2ccc3ncc(-c4cnn(C)c4)cc3c(=O)c2c1.CN(C[C@@H]1COCCO1)S(=O)(=O)Cc1ccc2ccc3ncc(Cl)cc3c(=O)c2c1.Cn1cc([B-]2(O)OC(C)(C)C(C)(C)O2)cn1.[Li+]. The van der Waals surface area contributed by atoms with Crippen molar-refractivity contribution in [2.75, 3.05) is 66.8 Å². The summed E-state index contributed by atoms with van der Waals surface area (Å²) in [5.41, 5.74) is 2.87. The van der Waals surface area contributed by atoms with Crippen molar-refractivity contribution in [1.29, 1.82) is 0 Å². The number of pyridine rings is 2. The van der Waals surface area contributed by atoms with E-state index in [1.807, 2.05) is 59.1 Å². The first kappa shape index (κ1) is 62.5. The number of hydrogen-bond donors (Lipinski definition) is 1. The second-order valence-corrected chi connectivity index (χ2v) is 26.0. The molecular weight excluding hydrogens is 1110 g/mol. The molecule has 82 heavy (non-hydrogen) atoms. The van der Waals surface area contributed by atoms with Crippen LogP contribution in [0.25, 0.3) is 54.5 Å². The molecule has 0 amide bonds. The minimum atomic E-state index is -3.62. The maximum atomic E-state index is 13.5. The zero-order valence-corrected chi connectivity index (χ0v) is 49.7. The molecule has 3 saturated heterocycles. The van der Waals surface area contributed by atoms with E-state index in [1.54, 1.807) is 95.8 Å². The smallest absolute Gasteiger partial charge is 0.555 e. The van der Waals surface area contributed by atoms with Crippen molar-refractivity contribution in [2.45, 2.75) is 62.6 Å². The molecule has 4 aromatic carbocycles. The van der Waals surface area contributed by atoms with E-state index in [0.29, 0.717) is 99.2 Å². The van der Waals surface area contributed by atoms with E-state index >= 15 is 0 Å². The van der Waals surface area contributed by atoms with Gasteiger partial charge in [-0.3, -0.25) is 28.9 Å². The molecule has 3 aliphatic heterocycles. The van der Waals surface area contributed by atoms with Crippen LogP contribution in [0.3, 0.4) is 0 Å². The Kier molecular flexibility index (Phi) is 19.3. The maximum absolute atomic E-state index is 13.5. The topological polar surface area (TPSA) is 246 Å². The first-order valence-corrected chi connectivity index (χ1v) is 29.8. The van der Waals surface area contributed by atoms with E-state index < -0.39 is 38.0 Å². The van der Waals surface area contributed by atoms with Gasteiger partial charge in [0.2, 0.25) is 20.0 Å². The molecule has 3 aliphatic rings. The van der Waals surface area contributed by atoms with Gasteiger partial charge in [0.05, 0.1) is 85.6 Å². The van der Waals surface area contributed by atoms with Gasteiger partial charge >= 0.3 is 25.6 Å². The van der Waals surface area contributed by atoms with E-state index in [-0.39, 0.29) is 66.5 Å². The number of benzene rings is 2. The van der Waals surface area contributed by atoms with Crippen LogP contribution in [0.2, 0.25) is 5.02 Å². The number of likely N-dealkylation sites (N-methyl/N-ethyl adjacent to an activating group) is 2. The molecule has 0 unspecified atom stereocenters. The number of halogens is 1. The zero-order valence-electron chi connectivity index (χ0n) is 47.3. The Morgan fingerprint density at radius 1 is 0.622 bits per heavy atom. The molecule has 4 aromatic heterocycles. The molecule has 11 rings (SSSR count). The summed E-state index contributed by atoms with van der Waals surface area (Å²) in [6.07, 6.45) is 9.48. The van der Waals surface area contributed by atoms with Crippen LogP contribution in [0.5, 0.6) is 0 Å². The van der Waals surface area contributed by atoms with Crippen LogP contribution in [0, 0.1) is 0 Å². The molecule has 1 N–H and O–H groups in total. The average molecular weight is 1180 g/mol. The molecule has 2 atom stereocenters. The second kappa shape index (κ2) is 25.4. The molecule has 21 nitrogen and oxygen atoms in total. The van der Waals surface area contributed by atoms with Crippen molar-refractivity contribution in [3.63, 3.8) is 0 Å². The van der Waals surface area contributed by atoms with Crippen LogP contribution in [0.1, 0.15) is 38.8 Å². The fourth-order valence-electron chi connectivity index (χ4n) is 9.58. The van der Waals surface area contributed by atoms with Crippen LogP contribution < -0.4 is 35.2 Å². The largest absolute Gasteiger partial charge is 1.00 e. The standard InChI is InChI=1S/C25H26N4O5S.C21H21ClN2O5S.C10H18BN2O3.Li/c1-28-13-20(12-27-28)19-10-23-24(26-11-19)6-5-18-4-3-17(9-22(18)25(23)30)16-35(31,32)29(2)14-21-15-33-7-8-34-21;1-24(11-17-12-28-6-7-29-17)30(26,27)13-14-2-3-15-4-5-20-19(9-16(22)10-23-20)21(25)18(15)8-14;1-9(2)10(3,4)16-11(14,15-9)8-6-12-13(5)7-8;/h3-6,9-13,21H,7-8,14-16H2,1-2H3;2-5,8-10,17H,6-7,11-13H2,1H3;6-7,14H,1-5H3;/q;;-1;+1/t21-;17-;;/m11../s1. The first-order chi connectivity index (χ1) is 38.3. The molecule has 7 heterocycles. The van der Waals surface area contributed by atoms with Gasteiger partial charge in [-0.05, 0) is 92.2 Å². The molecule has 0 saturated carbocycles. The molecule has 0 aliphatic carbocycles. The molecule has 0 spiro atoms. The van der Waals surface area contributed by atoms with Gasteiger partial charge in [0, 0.05) is 110 Å². The average Bonchev–Trinajstić information content (AvgIpc) is 4.12. The summed E-state index contributed by atoms with van der Waals surface area (Å²) in [4.78, 5) is 35.3.